The molecule has 1 aliphatic heterocycles. The van der Waals surface area contributed by atoms with Crippen LogP contribution in [-0.2, 0) is 21.4 Å². The van der Waals surface area contributed by atoms with Crippen LogP contribution in [0.1, 0.15) is 40.7 Å². The molecule has 0 aliphatic carbocycles. The molecule has 1 aliphatic rings. The molecule has 1 aromatic heterocycles. The Morgan fingerprint density at radius 2 is 1.74 bits per heavy atom. The minimum Gasteiger partial charge on any atom is -0.457 e. The van der Waals surface area contributed by atoms with Crippen molar-refractivity contribution in [2.45, 2.75) is 37.7 Å². The maximum atomic E-state index is 12.7. The summed E-state index contributed by atoms with van der Waals surface area (Å²) in [6, 6.07) is 12.5. The van der Waals surface area contributed by atoms with E-state index in [1.807, 2.05) is 19.1 Å². The molecular formula is C23H23NO6S. The minimum atomic E-state index is -3.56. The Morgan fingerprint density at radius 3 is 2.45 bits per heavy atom. The first-order valence-electron chi connectivity index (χ1n) is 10.2. The number of rotatable bonds is 5. The van der Waals surface area contributed by atoms with E-state index in [9.17, 15) is 18.0 Å². The molecule has 4 rings (SSSR count). The molecule has 162 valence electrons. The number of fused-ring (bicyclic) bond motifs is 1. The van der Waals surface area contributed by atoms with Gasteiger partial charge in [-0.3, -0.25) is 0 Å². The fraction of sp³-hybridized carbons (Fsp3) is 0.304. The smallest absolute Gasteiger partial charge is 0.338 e. The maximum Gasteiger partial charge on any atom is 0.338 e. The number of nitrogens with zero attached hydrogens (tertiary/aromatic N) is 1. The molecule has 0 unspecified atom stereocenters. The average molecular weight is 442 g/mol. The van der Waals surface area contributed by atoms with Crippen molar-refractivity contribution in [3.63, 3.8) is 0 Å². The van der Waals surface area contributed by atoms with E-state index in [0.29, 0.717) is 29.6 Å². The fourth-order valence-corrected chi connectivity index (χ4v) is 5.22. The molecule has 0 radical (unpaired) electrons. The zero-order valence-electron chi connectivity index (χ0n) is 17.2. The minimum absolute atomic E-state index is 0.0994. The summed E-state index contributed by atoms with van der Waals surface area (Å²) < 4.78 is 37.5. The van der Waals surface area contributed by atoms with Crippen LogP contribution in [0.15, 0.2) is 62.6 Å². The molecule has 7 nitrogen and oxygen atoms in total. The highest BCUT2D eigenvalue weighted by Gasteiger charge is 2.26. The molecule has 2 heterocycles. The lowest BCUT2D eigenvalue weighted by molar-refractivity contribution is 0.0473. The van der Waals surface area contributed by atoms with Gasteiger partial charge in [-0.25, -0.2) is 18.0 Å². The van der Waals surface area contributed by atoms with E-state index in [1.165, 1.54) is 34.6 Å². The molecule has 2 aromatic carbocycles. The first kappa shape index (κ1) is 21.3. The molecule has 1 saturated heterocycles. The van der Waals surface area contributed by atoms with Gasteiger partial charge in [0.15, 0.2) is 0 Å². The van der Waals surface area contributed by atoms with Gasteiger partial charge >= 0.3 is 11.6 Å². The Bertz CT molecular complexity index is 1270. The number of ether oxygens (including phenoxy) is 1. The van der Waals surface area contributed by atoms with Gasteiger partial charge in [0.1, 0.15) is 12.2 Å². The lowest BCUT2D eigenvalue weighted by Gasteiger charge is -2.25. The van der Waals surface area contributed by atoms with Crippen molar-refractivity contribution in [2.24, 2.45) is 0 Å². The first-order valence-corrected chi connectivity index (χ1v) is 11.6. The Hall–Kier alpha value is -2.97. The van der Waals surface area contributed by atoms with Gasteiger partial charge in [-0.1, -0.05) is 18.6 Å². The second-order valence-electron chi connectivity index (χ2n) is 7.66. The van der Waals surface area contributed by atoms with Gasteiger partial charge < -0.3 is 9.15 Å². The van der Waals surface area contributed by atoms with E-state index in [1.54, 1.807) is 6.07 Å². The third-order valence-corrected chi connectivity index (χ3v) is 7.30. The molecule has 0 spiro atoms. The second-order valence-corrected chi connectivity index (χ2v) is 9.59. The molecule has 3 aromatic rings. The highest BCUT2D eigenvalue weighted by molar-refractivity contribution is 7.89. The van der Waals surface area contributed by atoms with Crippen molar-refractivity contribution in [1.82, 2.24) is 4.31 Å². The highest BCUT2D eigenvalue weighted by atomic mass is 32.2. The van der Waals surface area contributed by atoms with Crippen LogP contribution in [0.25, 0.3) is 11.0 Å². The highest BCUT2D eigenvalue weighted by Crippen LogP contribution is 2.22. The Kier molecular flexibility index (Phi) is 5.93. The fourth-order valence-electron chi connectivity index (χ4n) is 3.70. The van der Waals surface area contributed by atoms with E-state index >= 15 is 0 Å². The number of benzene rings is 2. The molecule has 0 atom stereocenters. The molecule has 0 bridgehead atoms. The Labute approximate surface area is 180 Å². The Balaban J connectivity index is 1.49. The summed E-state index contributed by atoms with van der Waals surface area (Å²) in [7, 11) is -3.56. The van der Waals surface area contributed by atoms with Crippen LogP contribution >= 0.6 is 0 Å². The molecular weight excluding hydrogens is 418 g/mol. The van der Waals surface area contributed by atoms with Crippen LogP contribution in [0.2, 0.25) is 0 Å². The zero-order chi connectivity index (χ0) is 22.0. The third kappa shape index (κ3) is 4.55. The summed E-state index contributed by atoms with van der Waals surface area (Å²) >= 11 is 0. The maximum absolute atomic E-state index is 12.7. The topological polar surface area (TPSA) is 93.9 Å². The number of sulfonamides is 1. The normalized spacial score (nSPS) is 15.1. The van der Waals surface area contributed by atoms with Gasteiger partial charge in [-0.15, -0.1) is 0 Å². The summed E-state index contributed by atoms with van der Waals surface area (Å²) in [5, 5.41) is 0.695. The van der Waals surface area contributed by atoms with E-state index < -0.39 is 21.6 Å². The van der Waals surface area contributed by atoms with Gasteiger partial charge in [0, 0.05) is 30.1 Å². The van der Waals surface area contributed by atoms with Crippen LogP contribution in [0.4, 0.5) is 0 Å². The number of hydrogen-bond acceptors (Lipinski definition) is 6. The van der Waals surface area contributed by atoms with Crippen LogP contribution in [-0.4, -0.2) is 31.8 Å². The standard InChI is InChI=1S/C23H23NO6S/c1-16-5-10-20-18(14-22(25)30-21(20)13-16)15-29-23(26)17-6-8-19(9-7-17)31(27,28)24-11-3-2-4-12-24/h5-10,13-14H,2-4,11-12,15H2,1H3. The van der Waals surface area contributed by atoms with Crippen LogP contribution < -0.4 is 5.63 Å². The summed E-state index contributed by atoms with van der Waals surface area (Å²) in [5.74, 6) is -0.601. The van der Waals surface area contributed by atoms with Crippen molar-refractivity contribution in [3.05, 3.63) is 75.6 Å². The van der Waals surface area contributed by atoms with Crippen LogP contribution in [0, 0.1) is 6.92 Å². The lowest BCUT2D eigenvalue weighted by Crippen LogP contribution is -2.35. The van der Waals surface area contributed by atoms with Crippen molar-refractivity contribution >= 4 is 27.0 Å². The summed E-state index contributed by atoms with van der Waals surface area (Å²) in [6.45, 7) is 2.83. The van der Waals surface area contributed by atoms with Crippen LogP contribution in [0.3, 0.4) is 0 Å². The van der Waals surface area contributed by atoms with E-state index in [4.69, 9.17) is 9.15 Å². The van der Waals surface area contributed by atoms with Crippen LogP contribution in [0.5, 0.6) is 0 Å². The summed E-state index contributed by atoms with van der Waals surface area (Å²) in [4.78, 5) is 24.5. The van der Waals surface area contributed by atoms with Gasteiger partial charge in [0.2, 0.25) is 10.0 Å². The largest absolute Gasteiger partial charge is 0.457 e. The number of esters is 1. The van der Waals surface area contributed by atoms with Crippen molar-refractivity contribution in [3.8, 4) is 0 Å². The average Bonchev–Trinajstić information content (AvgIpc) is 2.77. The van der Waals surface area contributed by atoms with Crippen molar-refractivity contribution in [2.75, 3.05) is 13.1 Å². The number of piperidine rings is 1. The van der Waals surface area contributed by atoms with Gasteiger partial charge in [0.05, 0.1) is 10.5 Å². The number of carbonyl (C=O) groups is 1. The van der Waals surface area contributed by atoms with Gasteiger partial charge in [-0.05, 0) is 55.7 Å². The first-order chi connectivity index (χ1) is 14.8. The van der Waals surface area contributed by atoms with Gasteiger partial charge in [-0.2, -0.15) is 4.31 Å². The van der Waals surface area contributed by atoms with Crippen molar-refractivity contribution < 1.29 is 22.4 Å². The SMILES string of the molecule is Cc1ccc2c(COC(=O)c3ccc(S(=O)(=O)N4CCCCC4)cc3)cc(=O)oc2c1. The molecule has 0 amide bonds. The second kappa shape index (κ2) is 8.64. The number of aryl methyl sites for hydroxylation is 1. The summed E-state index contributed by atoms with van der Waals surface area (Å²) in [6.07, 6.45) is 2.75. The van der Waals surface area contributed by atoms with E-state index in [-0.39, 0.29) is 17.1 Å². The molecule has 1 fully saturated rings. The Morgan fingerprint density at radius 1 is 1.03 bits per heavy atom. The van der Waals surface area contributed by atoms with Crippen molar-refractivity contribution in [1.29, 1.82) is 0 Å². The van der Waals surface area contributed by atoms with E-state index in [2.05, 4.69) is 0 Å². The predicted octanol–water partition coefficient (Wildman–Crippen LogP) is 3.63. The van der Waals surface area contributed by atoms with E-state index in [0.717, 1.165) is 24.8 Å². The molecule has 8 heteroatoms. The molecule has 0 N–H and O–H groups in total. The molecule has 31 heavy (non-hydrogen) atoms. The lowest BCUT2D eigenvalue weighted by atomic mass is 10.1. The number of hydrogen-bond donors (Lipinski definition) is 0. The number of carbonyl (C=O) groups excluding carboxylic acids is 1. The summed E-state index contributed by atoms with van der Waals surface area (Å²) in [5.41, 5.74) is 1.65. The quantitative estimate of drug-likeness (QED) is 0.443. The third-order valence-electron chi connectivity index (χ3n) is 5.39. The zero-order valence-corrected chi connectivity index (χ0v) is 18.0. The predicted molar refractivity (Wildman–Crippen MR) is 115 cm³/mol. The monoisotopic (exact) mass is 441 g/mol. The molecule has 0 saturated carbocycles. The van der Waals surface area contributed by atoms with Gasteiger partial charge in [0.25, 0.3) is 0 Å².